The minimum absolute atomic E-state index is 0.224. The Morgan fingerprint density at radius 3 is 2.63 bits per heavy atom. The van der Waals surface area contributed by atoms with Crippen LogP contribution in [0.15, 0.2) is 34.5 Å². The average molecular weight is 426 g/mol. The van der Waals surface area contributed by atoms with Gasteiger partial charge < -0.3 is 5.32 Å². The highest BCUT2D eigenvalue weighted by atomic mass is 32.2. The molecule has 0 saturated carbocycles. The van der Waals surface area contributed by atoms with E-state index in [9.17, 15) is 13.2 Å². The van der Waals surface area contributed by atoms with Crippen LogP contribution >= 0.6 is 23.1 Å². The van der Waals surface area contributed by atoms with E-state index < -0.39 is 16.1 Å². The van der Waals surface area contributed by atoms with Gasteiger partial charge in [-0.1, -0.05) is 26.0 Å². The fourth-order valence-corrected chi connectivity index (χ4v) is 6.58. The second kappa shape index (κ2) is 8.30. The van der Waals surface area contributed by atoms with Crippen molar-refractivity contribution < 1.29 is 13.2 Å². The number of nitrogens with one attached hydrogen (secondary N) is 1. The lowest BCUT2D eigenvalue weighted by atomic mass is 10.0. The first-order valence-corrected chi connectivity index (χ1v) is 12.1. The molecule has 9 heteroatoms. The topological polar surface area (TPSA) is 79.4 Å². The summed E-state index contributed by atoms with van der Waals surface area (Å²) in [6.07, 6.45) is 0. The normalized spacial score (nSPS) is 18.1. The minimum atomic E-state index is -3.72. The van der Waals surface area contributed by atoms with Crippen LogP contribution in [0.5, 0.6) is 0 Å². The number of benzene rings is 1. The summed E-state index contributed by atoms with van der Waals surface area (Å²) in [5, 5.41) is 5.65. The maximum Gasteiger partial charge on any atom is 0.244 e. The van der Waals surface area contributed by atoms with Crippen LogP contribution in [0.25, 0.3) is 0 Å². The average Bonchev–Trinajstić information content (AvgIpc) is 3.29. The van der Waals surface area contributed by atoms with Crippen LogP contribution in [-0.2, 0) is 21.4 Å². The Morgan fingerprint density at radius 1 is 1.33 bits per heavy atom. The number of thiazole rings is 1. The molecule has 0 spiro atoms. The largest absolute Gasteiger partial charge is 0.349 e. The first-order chi connectivity index (χ1) is 12.8. The highest BCUT2D eigenvalue weighted by Gasteiger charge is 2.39. The maximum atomic E-state index is 13.0. The van der Waals surface area contributed by atoms with Crippen LogP contribution in [0.2, 0.25) is 0 Å². The van der Waals surface area contributed by atoms with E-state index in [1.807, 2.05) is 24.4 Å². The maximum absolute atomic E-state index is 13.0. The van der Waals surface area contributed by atoms with Crippen molar-refractivity contribution in [1.82, 2.24) is 14.6 Å². The van der Waals surface area contributed by atoms with Crippen LogP contribution < -0.4 is 5.32 Å². The lowest BCUT2D eigenvalue weighted by molar-refractivity contribution is -0.124. The van der Waals surface area contributed by atoms with E-state index in [4.69, 9.17) is 0 Å². The van der Waals surface area contributed by atoms with Gasteiger partial charge in [-0.2, -0.15) is 4.31 Å². The quantitative estimate of drug-likeness (QED) is 0.770. The molecular formula is C18H23N3O3S3. The molecule has 0 unspecified atom stereocenters. The van der Waals surface area contributed by atoms with E-state index in [0.29, 0.717) is 18.2 Å². The van der Waals surface area contributed by atoms with Gasteiger partial charge in [-0.3, -0.25) is 4.79 Å². The van der Waals surface area contributed by atoms with Crippen molar-refractivity contribution in [3.05, 3.63) is 45.9 Å². The standard InChI is InChI=1S/C18H23N3O3S3/c1-12(2)14-4-6-16(7-5-14)27(23,24)21-11-25-10-17(21)18(22)19-8-15-9-26-13(3)20-15/h4-7,9,12,17H,8,10-11H2,1-3H3,(H,19,22)/t17-/m1/s1. The molecule has 1 fully saturated rings. The Labute approximate surface area is 168 Å². The number of rotatable bonds is 6. The molecule has 1 aliphatic heterocycles. The highest BCUT2D eigenvalue weighted by molar-refractivity contribution is 8.00. The Balaban J connectivity index is 1.72. The Kier molecular flexibility index (Phi) is 6.25. The first kappa shape index (κ1) is 20.3. The second-order valence-electron chi connectivity index (χ2n) is 6.71. The predicted molar refractivity (Wildman–Crippen MR) is 109 cm³/mol. The monoisotopic (exact) mass is 425 g/mol. The van der Waals surface area contributed by atoms with Gasteiger partial charge in [0.1, 0.15) is 6.04 Å². The van der Waals surface area contributed by atoms with Crippen molar-refractivity contribution in [2.75, 3.05) is 11.6 Å². The predicted octanol–water partition coefficient (Wildman–Crippen LogP) is 2.95. The molecule has 1 saturated heterocycles. The fraction of sp³-hybridized carbons (Fsp3) is 0.444. The summed E-state index contributed by atoms with van der Waals surface area (Å²) in [7, 11) is -3.72. The zero-order valence-corrected chi connectivity index (χ0v) is 18.0. The summed E-state index contributed by atoms with van der Waals surface area (Å²) in [6, 6.07) is 6.21. The summed E-state index contributed by atoms with van der Waals surface area (Å²) in [4.78, 5) is 17.1. The smallest absolute Gasteiger partial charge is 0.244 e. The number of nitrogens with zero attached hydrogens (tertiary/aromatic N) is 2. The molecule has 0 bridgehead atoms. The third-order valence-corrected chi connectivity index (χ3v) is 8.28. The molecule has 1 aromatic carbocycles. The Morgan fingerprint density at radius 2 is 2.04 bits per heavy atom. The molecule has 3 rings (SSSR count). The summed E-state index contributed by atoms with van der Waals surface area (Å²) in [6.45, 7) is 6.33. The molecule has 2 aromatic rings. The van der Waals surface area contributed by atoms with Gasteiger partial charge in [-0.15, -0.1) is 23.1 Å². The molecule has 1 aliphatic rings. The van der Waals surface area contributed by atoms with Crippen LogP contribution in [0, 0.1) is 6.92 Å². The lowest BCUT2D eigenvalue weighted by Gasteiger charge is -2.22. The number of thioether (sulfide) groups is 1. The van der Waals surface area contributed by atoms with Crippen LogP contribution in [0.4, 0.5) is 0 Å². The van der Waals surface area contributed by atoms with Crippen LogP contribution in [-0.4, -0.2) is 41.3 Å². The third kappa shape index (κ3) is 4.53. The van der Waals surface area contributed by atoms with Crippen LogP contribution in [0.1, 0.15) is 36.0 Å². The lowest BCUT2D eigenvalue weighted by Crippen LogP contribution is -2.46. The second-order valence-corrected chi connectivity index (χ2v) is 10.7. The number of carbonyl (C=O) groups is 1. The van der Waals surface area contributed by atoms with E-state index >= 15 is 0 Å². The number of hydrogen-bond acceptors (Lipinski definition) is 6. The summed E-state index contributed by atoms with van der Waals surface area (Å²) >= 11 is 2.97. The zero-order chi connectivity index (χ0) is 19.6. The van der Waals surface area contributed by atoms with Gasteiger partial charge in [0, 0.05) is 11.1 Å². The van der Waals surface area contributed by atoms with Crippen molar-refractivity contribution in [2.45, 2.75) is 44.2 Å². The number of aromatic nitrogens is 1. The summed E-state index contributed by atoms with van der Waals surface area (Å²) in [5.74, 6) is 0.776. The van der Waals surface area contributed by atoms with Gasteiger partial charge in [-0.05, 0) is 30.5 Å². The molecule has 1 aromatic heterocycles. The van der Waals surface area contributed by atoms with Crippen molar-refractivity contribution in [2.24, 2.45) is 0 Å². The molecule has 2 heterocycles. The van der Waals surface area contributed by atoms with Gasteiger partial charge in [0.2, 0.25) is 15.9 Å². The van der Waals surface area contributed by atoms with Crippen molar-refractivity contribution in [1.29, 1.82) is 0 Å². The van der Waals surface area contributed by atoms with Crippen molar-refractivity contribution in [3.8, 4) is 0 Å². The van der Waals surface area contributed by atoms with Gasteiger partial charge in [-0.25, -0.2) is 13.4 Å². The highest BCUT2D eigenvalue weighted by Crippen LogP contribution is 2.29. The van der Waals surface area contributed by atoms with Gasteiger partial charge in [0.25, 0.3) is 0 Å². The number of sulfonamides is 1. The van der Waals surface area contributed by atoms with Gasteiger partial charge in [0.15, 0.2) is 0 Å². The number of carbonyl (C=O) groups excluding carboxylic acids is 1. The van der Waals surface area contributed by atoms with E-state index in [2.05, 4.69) is 24.1 Å². The van der Waals surface area contributed by atoms with Crippen molar-refractivity contribution in [3.63, 3.8) is 0 Å². The number of amides is 1. The van der Waals surface area contributed by atoms with Crippen molar-refractivity contribution >= 4 is 39.0 Å². The van der Waals surface area contributed by atoms with Gasteiger partial charge in [0.05, 0.1) is 28.0 Å². The molecule has 1 amide bonds. The van der Waals surface area contributed by atoms with E-state index in [1.54, 1.807) is 12.1 Å². The summed E-state index contributed by atoms with van der Waals surface area (Å²) < 4.78 is 27.4. The SMILES string of the molecule is Cc1nc(CNC(=O)[C@H]2CSCN2S(=O)(=O)c2ccc(C(C)C)cc2)cs1. The van der Waals surface area contributed by atoms with E-state index in [0.717, 1.165) is 16.3 Å². The Bertz CT molecular complexity index is 907. The minimum Gasteiger partial charge on any atom is -0.349 e. The third-order valence-electron chi connectivity index (χ3n) is 4.41. The molecular weight excluding hydrogens is 402 g/mol. The first-order valence-electron chi connectivity index (χ1n) is 8.67. The zero-order valence-electron chi connectivity index (χ0n) is 15.5. The van der Waals surface area contributed by atoms with E-state index in [-0.39, 0.29) is 16.7 Å². The molecule has 0 aliphatic carbocycles. The van der Waals surface area contributed by atoms with E-state index in [1.165, 1.54) is 27.4 Å². The molecule has 1 N–H and O–H groups in total. The van der Waals surface area contributed by atoms with Crippen LogP contribution in [0.3, 0.4) is 0 Å². The Hall–Kier alpha value is -1.42. The summed E-state index contributed by atoms with van der Waals surface area (Å²) in [5.41, 5.74) is 1.87. The van der Waals surface area contributed by atoms with Gasteiger partial charge >= 0.3 is 0 Å². The number of aryl methyl sites for hydroxylation is 1. The molecule has 27 heavy (non-hydrogen) atoms. The molecule has 1 atom stereocenters. The molecule has 6 nitrogen and oxygen atoms in total. The number of hydrogen-bond donors (Lipinski definition) is 1. The molecule has 146 valence electrons. The fourth-order valence-electron chi connectivity index (χ4n) is 2.82. The molecule has 0 radical (unpaired) electrons.